The fourth-order valence-corrected chi connectivity index (χ4v) is 2.42. The summed E-state index contributed by atoms with van der Waals surface area (Å²) in [6.07, 6.45) is 0.113. The van der Waals surface area contributed by atoms with Gasteiger partial charge in [-0.25, -0.2) is 0 Å². The van der Waals surface area contributed by atoms with Gasteiger partial charge >= 0.3 is 0 Å². The molecule has 1 unspecified atom stereocenters. The minimum Gasteiger partial charge on any atom is -0.391 e. The van der Waals surface area contributed by atoms with Crippen LogP contribution in [-0.2, 0) is 4.79 Å². The topological polar surface area (TPSA) is 69.6 Å². The SMILES string of the molecule is CC(NC(=O)c1ccccc1Cl)C(=O)N1CC[C@@H](O)C1. The molecule has 2 atom stereocenters. The number of nitrogens with one attached hydrogen (secondary N) is 1. The van der Waals surface area contributed by atoms with Gasteiger partial charge in [0.05, 0.1) is 16.7 Å². The molecule has 0 spiro atoms. The van der Waals surface area contributed by atoms with Gasteiger partial charge in [-0.2, -0.15) is 0 Å². The van der Waals surface area contributed by atoms with E-state index in [1.165, 1.54) is 0 Å². The monoisotopic (exact) mass is 296 g/mol. The van der Waals surface area contributed by atoms with E-state index in [9.17, 15) is 14.7 Å². The van der Waals surface area contributed by atoms with Crippen LogP contribution >= 0.6 is 11.6 Å². The largest absolute Gasteiger partial charge is 0.391 e. The van der Waals surface area contributed by atoms with Crippen molar-refractivity contribution in [3.05, 3.63) is 34.9 Å². The highest BCUT2D eigenvalue weighted by atomic mass is 35.5. The van der Waals surface area contributed by atoms with Gasteiger partial charge in [0.15, 0.2) is 0 Å². The van der Waals surface area contributed by atoms with Crippen LogP contribution < -0.4 is 5.32 Å². The number of halogens is 1. The quantitative estimate of drug-likeness (QED) is 0.876. The first-order chi connectivity index (χ1) is 9.49. The van der Waals surface area contributed by atoms with Crippen LogP contribution in [-0.4, -0.2) is 47.1 Å². The van der Waals surface area contributed by atoms with Crippen LogP contribution in [0.5, 0.6) is 0 Å². The lowest BCUT2D eigenvalue weighted by Gasteiger charge is -2.21. The molecule has 1 heterocycles. The maximum absolute atomic E-state index is 12.1. The smallest absolute Gasteiger partial charge is 0.253 e. The van der Waals surface area contributed by atoms with Crippen LogP contribution in [0.1, 0.15) is 23.7 Å². The molecule has 5 nitrogen and oxygen atoms in total. The number of carbonyl (C=O) groups excluding carboxylic acids is 2. The Morgan fingerprint density at radius 3 is 2.75 bits per heavy atom. The lowest BCUT2D eigenvalue weighted by molar-refractivity contribution is -0.132. The van der Waals surface area contributed by atoms with Crippen molar-refractivity contribution >= 4 is 23.4 Å². The van der Waals surface area contributed by atoms with Crippen molar-refractivity contribution in [2.24, 2.45) is 0 Å². The number of nitrogens with zero attached hydrogens (tertiary/aromatic N) is 1. The molecule has 1 aromatic rings. The Bertz CT molecular complexity index is 521. The second kappa shape index (κ2) is 6.24. The summed E-state index contributed by atoms with van der Waals surface area (Å²) >= 11 is 5.94. The highest BCUT2D eigenvalue weighted by Crippen LogP contribution is 2.15. The molecule has 6 heteroatoms. The number of carbonyl (C=O) groups is 2. The lowest BCUT2D eigenvalue weighted by Crippen LogP contribution is -2.46. The number of aliphatic hydroxyl groups excluding tert-OH is 1. The van der Waals surface area contributed by atoms with Crippen molar-refractivity contribution in [2.45, 2.75) is 25.5 Å². The zero-order chi connectivity index (χ0) is 14.7. The fraction of sp³-hybridized carbons (Fsp3) is 0.429. The molecule has 108 valence electrons. The van der Waals surface area contributed by atoms with Gasteiger partial charge in [0, 0.05) is 13.1 Å². The number of amides is 2. The predicted octanol–water partition coefficient (Wildman–Crippen LogP) is 1.05. The number of likely N-dealkylation sites (tertiary alicyclic amines) is 1. The summed E-state index contributed by atoms with van der Waals surface area (Å²) < 4.78 is 0. The second-order valence-corrected chi connectivity index (χ2v) is 5.31. The first-order valence-corrected chi connectivity index (χ1v) is 6.89. The molecule has 1 saturated heterocycles. The molecule has 0 aliphatic carbocycles. The first kappa shape index (κ1) is 14.8. The molecule has 2 rings (SSSR count). The number of benzene rings is 1. The van der Waals surface area contributed by atoms with Crippen molar-refractivity contribution in [1.82, 2.24) is 10.2 Å². The van der Waals surface area contributed by atoms with Crippen molar-refractivity contribution in [2.75, 3.05) is 13.1 Å². The lowest BCUT2D eigenvalue weighted by atomic mass is 10.2. The van der Waals surface area contributed by atoms with Crippen LogP contribution in [0.25, 0.3) is 0 Å². The van der Waals surface area contributed by atoms with E-state index in [1.54, 1.807) is 36.1 Å². The van der Waals surface area contributed by atoms with Crippen LogP contribution in [0, 0.1) is 0 Å². The molecule has 0 radical (unpaired) electrons. The number of hydrogen-bond acceptors (Lipinski definition) is 3. The Morgan fingerprint density at radius 2 is 2.15 bits per heavy atom. The maximum atomic E-state index is 12.1. The normalized spacial score (nSPS) is 19.8. The van der Waals surface area contributed by atoms with Gasteiger partial charge in [-0.15, -0.1) is 0 Å². The van der Waals surface area contributed by atoms with Gasteiger partial charge in [0.25, 0.3) is 5.91 Å². The zero-order valence-corrected chi connectivity index (χ0v) is 11.9. The molecule has 20 heavy (non-hydrogen) atoms. The molecule has 1 aliphatic heterocycles. The summed E-state index contributed by atoms with van der Waals surface area (Å²) in [6.45, 7) is 2.47. The van der Waals surface area contributed by atoms with Gasteiger partial charge in [-0.3, -0.25) is 9.59 Å². The summed E-state index contributed by atoms with van der Waals surface area (Å²) in [5.41, 5.74) is 0.343. The number of β-amino-alcohol motifs (C(OH)–C–C–N with tert-alkyl or cyclic N) is 1. The zero-order valence-electron chi connectivity index (χ0n) is 11.2. The van der Waals surface area contributed by atoms with Crippen molar-refractivity contribution in [3.63, 3.8) is 0 Å². The minimum absolute atomic E-state index is 0.193. The fourth-order valence-electron chi connectivity index (χ4n) is 2.20. The third-order valence-corrected chi connectivity index (χ3v) is 3.64. The third-order valence-electron chi connectivity index (χ3n) is 3.31. The Hall–Kier alpha value is -1.59. The van der Waals surface area contributed by atoms with E-state index in [-0.39, 0.29) is 11.8 Å². The standard InChI is InChI=1S/C14H17ClN2O3/c1-9(14(20)17-7-6-10(18)8-17)16-13(19)11-4-2-3-5-12(11)15/h2-5,9-10,18H,6-8H2,1H3,(H,16,19)/t9?,10-/m1/s1. The molecule has 1 aromatic carbocycles. The summed E-state index contributed by atoms with van der Waals surface area (Å²) in [6, 6.07) is 6.03. The maximum Gasteiger partial charge on any atom is 0.253 e. The molecule has 0 aromatic heterocycles. The average molecular weight is 297 g/mol. The third kappa shape index (κ3) is 3.29. The van der Waals surface area contributed by atoms with Gasteiger partial charge in [0.2, 0.25) is 5.91 Å². The average Bonchev–Trinajstić information content (AvgIpc) is 2.84. The van der Waals surface area contributed by atoms with Crippen molar-refractivity contribution < 1.29 is 14.7 Å². The van der Waals surface area contributed by atoms with Crippen molar-refractivity contribution in [1.29, 1.82) is 0 Å². The van der Waals surface area contributed by atoms with Crippen LogP contribution in [0.15, 0.2) is 24.3 Å². The second-order valence-electron chi connectivity index (χ2n) is 4.90. The molecule has 0 saturated carbocycles. The first-order valence-electron chi connectivity index (χ1n) is 6.51. The Labute approximate surface area is 122 Å². The summed E-state index contributed by atoms with van der Waals surface area (Å²) in [7, 11) is 0. The Kier molecular flexibility index (Phi) is 4.62. The molecular weight excluding hydrogens is 280 g/mol. The highest BCUT2D eigenvalue weighted by Gasteiger charge is 2.28. The van der Waals surface area contributed by atoms with Gasteiger partial charge in [-0.1, -0.05) is 23.7 Å². The number of hydrogen-bond donors (Lipinski definition) is 2. The Balaban J connectivity index is 1.97. The van der Waals surface area contributed by atoms with E-state index >= 15 is 0 Å². The van der Waals surface area contributed by atoms with Gasteiger partial charge in [-0.05, 0) is 25.5 Å². The molecule has 0 bridgehead atoms. The van der Waals surface area contributed by atoms with Crippen molar-refractivity contribution in [3.8, 4) is 0 Å². The number of aliphatic hydroxyl groups is 1. The Morgan fingerprint density at radius 1 is 1.45 bits per heavy atom. The van der Waals surface area contributed by atoms with E-state index in [2.05, 4.69) is 5.32 Å². The van der Waals surface area contributed by atoms with Crippen LogP contribution in [0.4, 0.5) is 0 Å². The van der Waals surface area contributed by atoms with E-state index in [4.69, 9.17) is 11.6 Å². The van der Waals surface area contributed by atoms with E-state index in [1.807, 2.05) is 0 Å². The molecule has 2 N–H and O–H groups in total. The summed E-state index contributed by atoms with van der Waals surface area (Å²) in [5, 5.41) is 12.4. The summed E-state index contributed by atoms with van der Waals surface area (Å²) in [5.74, 6) is -0.571. The molecule has 1 fully saturated rings. The van der Waals surface area contributed by atoms with E-state index in [0.29, 0.717) is 30.1 Å². The minimum atomic E-state index is -0.649. The van der Waals surface area contributed by atoms with E-state index in [0.717, 1.165) is 0 Å². The van der Waals surface area contributed by atoms with E-state index < -0.39 is 12.1 Å². The molecule has 1 aliphatic rings. The summed E-state index contributed by atoms with van der Waals surface area (Å²) in [4.78, 5) is 25.7. The highest BCUT2D eigenvalue weighted by molar-refractivity contribution is 6.33. The van der Waals surface area contributed by atoms with Gasteiger partial charge in [0.1, 0.15) is 6.04 Å². The van der Waals surface area contributed by atoms with Crippen LogP contribution in [0.3, 0.4) is 0 Å². The molecular formula is C14H17ClN2O3. The van der Waals surface area contributed by atoms with Crippen LogP contribution in [0.2, 0.25) is 5.02 Å². The molecule has 2 amide bonds. The number of rotatable bonds is 3. The van der Waals surface area contributed by atoms with Gasteiger partial charge < -0.3 is 15.3 Å². The predicted molar refractivity (Wildman–Crippen MR) is 75.6 cm³/mol.